The van der Waals surface area contributed by atoms with Gasteiger partial charge in [0.25, 0.3) is 0 Å². The third-order valence-electron chi connectivity index (χ3n) is 4.28. The van der Waals surface area contributed by atoms with E-state index in [0.29, 0.717) is 19.0 Å². The molecule has 3 rings (SSSR count). The summed E-state index contributed by atoms with van der Waals surface area (Å²) < 4.78 is 1.78. The third kappa shape index (κ3) is 3.61. The molecule has 124 valence electrons. The number of nitrogens with one attached hydrogen (secondary N) is 2. The van der Waals surface area contributed by atoms with Crippen LogP contribution in [-0.2, 0) is 18.4 Å². The van der Waals surface area contributed by atoms with Crippen molar-refractivity contribution in [1.82, 2.24) is 25.4 Å². The molecule has 23 heavy (non-hydrogen) atoms. The van der Waals surface area contributed by atoms with Crippen LogP contribution in [0.3, 0.4) is 0 Å². The van der Waals surface area contributed by atoms with Gasteiger partial charge in [0.05, 0.1) is 24.4 Å². The molecular formula is C16H23N5OS. The summed E-state index contributed by atoms with van der Waals surface area (Å²) in [6, 6.07) is 0. The zero-order valence-electron chi connectivity index (χ0n) is 13.7. The molecule has 0 aliphatic carbocycles. The zero-order valence-corrected chi connectivity index (χ0v) is 14.6. The number of aromatic nitrogens is 3. The Morgan fingerprint density at radius 2 is 2.35 bits per heavy atom. The van der Waals surface area contributed by atoms with Crippen LogP contribution in [0.25, 0.3) is 0 Å². The smallest absolute Gasteiger partial charge is 0.225 e. The van der Waals surface area contributed by atoms with Gasteiger partial charge in [0.15, 0.2) is 0 Å². The Balaban J connectivity index is 1.60. The second-order valence-corrected chi connectivity index (χ2v) is 7.30. The molecule has 2 aromatic heterocycles. The van der Waals surface area contributed by atoms with E-state index in [-0.39, 0.29) is 17.7 Å². The molecule has 2 aromatic rings. The molecule has 6 nitrogen and oxygen atoms in total. The van der Waals surface area contributed by atoms with Crippen molar-refractivity contribution in [2.75, 3.05) is 13.1 Å². The average molecular weight is 333 g/mol. The van der Waals surface area contributed by atoms with Gasteiger partial charge in [-0.15, -0.1) is 11.3 Å². The minimum atomic E-state index is -0.0521. The van der Waals surface area contributed by atoms with Gasteiger partial charge in [0, 0.05) is 37.6 Å². The highest BCUT2D eigenvalue weighted by atomic mass is 32.1. The van der Waals surface area contributed by atoms with Gasteiger partial charge in [-0.3, -0.25) is 9.48 Å². The molecule has 0 unspecified atom stereocenters. The summed E-state index contributed by atoms with van der Waals surface area (Å²) in [4.78, 5) is 17.1. The number of hydrogen-bond donors (Lipinski definition) is 2. The van der Waals surface area contributed by atoms with Crippen LogP contribution in [0.2, 0.25) is 0 Å². The molecule has 2 atom stereocenters. The maximum absolute atomic E-state index is 12.5. The summed E-state index contributed by atoms with van der Waals surface area (Å²) in [6.45, 7) is 6.28. The molecule has 3 heterocycles. The molecular weight excluding hydrogens is 310 g/mol. The molecule has 1 aliphatic rings. The molecule has 1 aliphatic heterocycles. The minimum Gasteiger partial charge on any atom is -0.349 e. The SMILES string of the molecule is CC(C)c1csc(CNC(=O)[C@H]2CNC[C@@H]2c2cnn(C)c2)n1. The van der Waals surface area contributed by atoms with Crippen molar-refractivity contribution < 1.29 is 4.79 Å². The Bertz CT molecular complexity index is 678. The van der Waals surface area contributed by atoms with Gasteiger partial charge in [0.1, 0.15) is 5.01 Å². The molecule has 0 aromatic carbocycles. The molecule has 2 N–H and O–H groups in total. The lowest BCUT2D eigenvalue weighted by Gasteiger charge is -2.16. The average Bonchev–Trinajstić information content (AvgIpc) is 3.24. The topological polar surface area (TPSA) is 71.8 Å². The molecule has 0 saturated carbocycles. The van der Waals surface area contributed by atoms with Crippen molar-refractivity contribution in [3.63, 3.8) is 0 Å². The first-order valence-electron chi connectivity index (χ1n) is 7.96. The number of thiazole rings is 1. The fraction of sp³-hybridized carbons (Fsp3) is 0.562. The van der Waals surface area contributed by atoms with Gasteiger partial charge in [-0.05, 0) is 11.5 Å². The molecule has 7 heteroatoms. The van der Waals surface area contributed by atoms with E-state index in [1.807, 2.05) is 19.4 Å². The van der Waals surface area contributed by atoms with E-state index in [0.717, 1.165) is 22.8 Å². The van der Waals surface area contributed by atoms with Crippen LogP contribution in [0, 0.1) is 5.92 Å². The zero-order chi connectivity index (χ0) is 16.4. The maximum Gasteiger partial charge on any atom is 0.225 e. The summed E-state index contributed by atoms with van der Waals surface area (Å²) in [7, 11) is 1.90. The Morgan fingerprint density at radius 3 is 3.00 bits per heavy atom. The first kappa shape index (κ1) is 16.1. The summed E-state index contributed by atoms with van der Waals surface area (Å²) in [6.07, 6.45) is 3.85. The second-order valence-electron chi connectivity index (χ2n) is 6.36. The van der Waals surface area contributed by atoms with Crippen LogP contribution >= 0.6 is 11.3 Å². The van der Waals surface area contributed by atoms with Gasteiger partial charge in [-0.1, -0.05) is 13.8 Å². The number of rotatable bonds is 5. The van der Waals surface area contributed by atoms with Crippen LogP contribution in [0.15, 0.2) is 17.8 Å². The normalized spacial score (nSPS) is 21.0. The van der Waals surface area contributed by atoms with Crippen molar-refractivity contribution in [1.29, 1.82) is 0 Å². The Kier molecular flexibility index (Phi) is 4.77. The molecule has 0 spiro atoms. The van der Waals surface area contributed by atoms with Gasteiger partial charge in [0.2, 0.25) is 5.91 Å². The second kappa shape index (κ2) is 6.80. The van der Waals surface area contributed by atoms with Crippen LogP contribution in [0.5, 0.6) is 0 Å². The monoisotopic (exact) mass is 333 g/mol. The predicted octanol–water partition coefficient (Wildman–Crippen LogP) is 1.62. The lowest BCUT2D eigenvalue weighted by molar-refractivity contribution is -0.125. The summed E-state index contributed by atoms with van der Waals surface area (Å²) in [5, 5.41) is 13.6. The van der Waals surface area contributed by atoms with E-state index >= 15 is 0 Å². The van der Waals surface area contributed by atoms with Crippen LogP contribution < -0.4 is 10.6 Å². The van der Waals surface area contributed by atoms with Crippen LogP contribution in [0.1, 0.15) is 41.9 Å². The number of aryl methyl sites for hydroxylation is 1. The van der Waals surface area contributed by atoms with Crippen molar-refractivity contribution in [3.05, 3.63) is 34.0 Å². The predicted molar refractivity (Wildman–Crippen MR) is 90.4 cm³/mol. The van der Waals surface area contributed by atoms with Gasteiger partial charge in [-0.2, -0.15) is 5.10 Å². The Labute approximate surface area is 140 Å². The Hall–Kier alpha value is -1.73. The van der Waals surface area contributed by atoms with Gasteiger partial charge in [-0.25, -0.2) is 4.98 Å². The number of carbonyl (C=O) groups excluding carboxylic acids is 1. The van der Waals surface area contributed by atoms with Gasteiger partial charge >= 0.3 is 0 Å². The molecule has 1 amide bonds. The van der Waals surface area contributed by atoms with Crippen molar-refractivity contribution in [2.45, 2.75) is 32.2 Å². The highest BCUT2D eigenvalue weighted by Crippen LogP contribution is 2.28. The van der Waals surface area contributed by atoms with E-state index in [4.69, 9.17) is 0 Å². The standard InChI is InChI=1S/C16H23N5OS/c1-10(2)14-9-23-15(20-14)7-18-16(22)13-6-17-5-12(13)11-4-19-21(3)8-11/h4,8-10,12-13,17H,5-7H2,1-3H3,(H,18,22)/t12-,13+/m1/s1. The van der Waals surface area contributed by atoms with E-state index in [9.17, 15) is 4.79 Å². The van der Waals surface area contributed by atoms with Crippen molar-refractivity contribution in [3.8, 4) is 0 Å². The Morgan fingerprint density at radius 1 is 1.52 bits per heavy atom. The largest absolute Gasteiger partial charge is 0.349 e. The van der Waals surface area contributed by atoms with Crippen molar-refractivity contribution >= 4 is 17.2 Å². The van der Waals surface area contributed by atoms with E-state index in [2.05, 4.69) is 39.9 Å². The molecule has 1 saturated heterocycles. The quantitative estimate of drug-likeness (QED) is 0.872. The lowest BCUT2D eigenvalue weighted by Crippen LogP contribution is -2.33. The van der Waals surface area contributed by atoms with Crippen molar-refractivity contribution in [2.24, 2.45) is 13.0 Å². The fourth-order valence-electron chi connectivity index (χ4n) is 2.90. The highest BCUT2D eigenvalue weighted by Gasteiger charge is 2.34. The summed E-state index contributed by atoms with van der Waals surface area (Å²) >= 11 is 1.61. The number of amides is 1. The summed E-state index contributed by atoms with van der Waals surface area (Å²) in [5.41, 5.74) is 2.21. The first-order valence-corrected chi connectivity index (χ1v) is 8.84. The van der Waals surface area contributed by atoms with E-state index in [1.54, 1.807) is 16.0 Å². The fourth-order valence-corrected chi connectivity index (χ4v) is 3.80. The minimum absolute atomic E-state index is 0.0521. The molecule has 0 radical (unpaired) electrons. The van der Waals surface area contributed by atoms with E-state index in [1.165, 1.54) is 0 Å². The first-order chi connectivity index (χ1) is 11.0. The number of carbonyl (C=O) groups is 1. The molecule has 0 bridgehead atoms. The van der Waals surface area contributed by atoms with Crippen LogP contribution in [-0.4, -0.2) is 33.8 Å². The summed E-state index contributed by atoms with van der Waals surface area (Å²) in [5.74, 6) is 0.643. The lowest BCUT2D eigenvalue weighted by atomic mass is 9.90. The third-order valence-corrected chi connectivity index (χ3v) is 5.15. The molecule has 1 fully saturated rings. The number of hydrogen-bond acceptors (Lipinski definition) is 5. The van der Waals surface area contributed by atoms with E-state index < -0.39 is 0 Å². The number of nitrogens with zero attached hydrogens (tertiary/aromatic N) is 3. The van der Waals surface area contributed by atoms with Gasteiger partial charge < -0.3 is 10.6 Å². The van der Waals surface area contributed by atoms with Crippen LogP contribution in [0.4, 0.5) is 0 Å². The maximum atomic E-state index is 12.5. The highest BCUT2D eigenvalue weighted by molar-refractivity contribution is 7.09.